The van der Waals surface area contributed by atoms with E-state index in [0.29, 0.717) is 39.3 Å². The second-order valence-corrected chi connectivity index (χ2v) is 13.3. The molecule has 3 N–H and O–H groups in total. The largest absolute Gasteiger partial charge is 0.444 e. The molecule has 0 spiro atoms. The number of piperazine rings is 2. The molecule has 13 nitrogen and oxygen atoms in total. The second kappa shape index (κ2) is 17.6. The molecule has 2 aromatic rings. The number of aliphatic hydroxyl groups is 1. The number of ether oxygens (including phenoxy) is 2. The van der Waals surface area contributed by atoms with E-state index >= 15 is 0 Å². The van der Waals surface area contributed by atoms with Gasteiger partial charge < -0.3 is 39.9 Å². The number of hydrogen-bond acceptors (Lipinski definition) is 10. The first-order chi connectivity index (χ1) is 21.4. The Hall–Kier alpha value is -4.26. The van der Waals surface area contributed by atoms with E-state index < -0.39 is 11.2 Å². The van der Waals surface area contributed by atoms with E-state index in [-0.39, 0.29) is 30.2 Å². The number of nitrogens with zero attached hydrogens (tertiary/aromatic N) is 5. The Morgan fingerprint density at radius 1 is 0.702 bits per heavy atom. The Balaban J connectivity index is 0.000000439. The zero-order valence-corrected chi connectivity index (χ0v) is 28.8. The van der Waals surface area contributed by atoms with E-state index in [9.17, 15) is 19.7 Å². The van der Waals surface area contributed by atoms with Gasteiger partial charge in [-0.25, -0.2) is 9.59 Å². The zero-order chi connectivity index (χ0) is 34.8. The average Bonchev–Trinajstić information content (AvgIpc) is 2.96. The third kappa shape index (κ3) is 13.6. The number of rotatable bonds is 3. The first kappa shape index (κ1) is 40.8. The third-order valence-corrected chi connectivity index (χ3v) is 6.94. The van der Waals surface area contributed by atoms with Gasteiger partial charge in [0.1, 0.15) is 11.2 Å². The molecule has 2 fully saturated rings. The lowest BCUT2D eigenvalue weighted by molar-refractivity contribution is -0.384. The summed E-state index contributed by atoms with van der Waals surface area (Å²) >= 11 is 0. The van der Waals surface area contributed by atoms with E-state index in [2.05, 4.69) is 15.9 Å². The molecular weight excluding hydrogens is 604 g/mol. The van der Waals surface area contributed by atoms with Gasteiger partial charge in [-0.05, 0) is 90.8 Å². The van der Waals surface area contributed by atoms with E-state index in [1.54, 1.807) is 21.9 Å². The lowest BCUT2D eigenvalue weighted by Crippen LogP contribution is -2.50. The first-order valence-electron chi connectivity index (χ1n) is 15.4. The number of nitro benzene ring substituents is 1. The number of aryl methyl sites for hydroxylation is 2. The van der Waals surface area contributed by atoms with Gasteiger partial charge in [-0.2, -0.15) is 0 Å². The molecular formula is C34H56N6O7. The van der Waals surface area contributed by atoms with Gasteiger partial charge in [-0.3, -0.25) is 10.1 Å². The minimum atomic E-state index is -0.509. The quantitative estimate of drug-likeness (QED) is 0.233. The smallest absolute Gasteiger partial charge is 0.410 e. The van der Waals surface area contributed by atoms with Crippen molar-refractivity contribution >= 4 is 34.9 Å². The minimum Gasteiger partial charge on any atom is -0.444 e. The maximum absolute atomic E-state index is 12.1. The van der Waals surface area contributed by atoms with Crippen LogP contribution in [0.4, 0.5) is 32.3 Å². The molecule has 0 unspecified atom stereocenters. The molecule has 0 radical (unpaired) electrons. The summed E-state index contributed by atoms with van der Waals surface area (Å²) < 4.78 is 10.8. The molecule has 0 bridgehead atoms. The van der Waals surface area contributed by atoms with Gasteiger partial charge in [0.15, 0.2) is 0 Å². The molecule has 2 aliphatic rings. The van der Waals surface area contributed by atoms with Crippen molar-refractivity contribution in [1.82, 2.24) is 9.80 Å². The Morgan fingerprint density at radius 2 is 1.06 bits per heavy atom. The number of nitro groups is 1. The van der Waals surface area contributed by atoms with Crippen molar-refractivity contribution in [2.24, 2.45) is 0 Å². The van der Waals surface area contributed by atoms with Crippen LogP contribution < -0.4 is 15.5 Å². The number of nitrogens with two attached hydrogens (primary N) is 1. The number of hydrogen-bond donors (Lipinski definition) is 2. The minimum absolute atomic E-state index is 0. The topological polar surface area (TPSA) is 155 Å². The highest BCUT2D eigenvalue weighted by atomic mass is 16.6. The van der Waals surface area contributed by atoms with Gasteiger partial charge in [0.05, 0.1) is 4.92 Å². The van der Waals surface area contributed by atoms with Crippen molar-refractivity contribution in [1.29, 1.82) is 0 Å². The SMILES string of the molecule is C.CO.Cc1cc(N)cc(N2CCN(C(=O)OC(C)(C)C)CC2)c1.Cc1cc(N2CCN(C(=O)OC(C)(C)C)CC2)cc([N+](=O)[O-])c1. The fourth-order valence-electron chi connectivity index (χ4n) is 4.95. The van der Waals surface area contributed by atoms with Crippen molar-refractivity contribution in [2.75, 3.05) is 75.0 Å². The van der Waals surface area contributed by atoms with Crippen molar-refractivity contribution in [3.63, 3.8) is 0 Å². The Labute approximate surface area is 280 Å². The molecule has 2 heterocycles. The van der Waals surface area contributed by atoms with Crippen molar-refractivity contribution in [3.05, 3.63) is 57.6 Å². The molecule has 13 heteroatoms. The summed E-state index contributed by atoms with van der Waals surface area (Å²) in [5.74, 6) is 0. The molecule has 0 atom stereocenters. The molecule has 2 aliphatic heterocycles. The zero-order valence-electron chi connectivity index (χ0n) is 28.8. The molecule has 2 aromatic carbocycles. The van der Waals surface area contributed by atoms with Gasteiger partial charge in [0.2, 0.25) is 0 Å². The number of benzene rings is 2. The van der Waals surface area contributed by atoms with Crippen LogP contribution in [0.15, 0.2) is 36.4 Å². The molecule has 0 aromatic heterocycles. The van der Waals surface area contributed by atoms with Gasteiger partial charge in [0.25, 0.3) is 5.69 Å². The van der Waals surface area contributed by atoms with Crippen LogP contribution in [-0.2, 0) is 9.47 Å². The number of carbonyl (C=O) groups excluding carboxylic acids is 2. The normalized spacial score (nSPS) is 14.9. The van der Waals surface area contributed by atoms with Crippen LogP contribution in [0.1, 0.15) is 60.1 Å². The second-order valence-electron chi connectivity index (χ2n) is 13.3. The summed E-state index contributed by atoms with van der Waals surface area (Å²) in [6.07, 6.45) is -0.543. The fraction of sp³-hybridized carbons (Fsp3) is 0.588. The van der Waals surface area contributed by atoms with Crippen LogP contribution in [0.5, 0.6) is 0 Å². The predicted octanol–water partition coefficient (Wildman–Crippen LogP) is 5.84. The lowest BCUT2D eigenvalue weighted by Gasteiger charge is -2.37. The van der Waals surface area contributed by atoms with Crippen LogP contribution >= 0.6 is 0 Å². The van der Waals surface area contributed by atoms with Crippen LogP contribution in [0, 0.1) is 24.0 Å². The molecule has 4 rings (SSSR count). The van der Waals surface area contributed by atoms with Gasteiger partial charge in [0, 0.05) is 88.7 Å². The Morgan fingerprint density at radius 3 is 1.40 bits per heavy atom. The number of non-ortho nitro benzene ring substituents is 1. The standard InChI is InChI=1S/C16H23N3O4.C16H25N3O2.CH4O.CH4/c1-12-9-13(11-14(10-12)19(21)22)17-5-7-18(8-6-17)15(20)23-16(2,3)4;1-12-9-13(17)11-14(10-12)18-5-7-19(8-6-18)15(20)21-16(2,3)4;1-2;/h9-11H,5-8H2,1-4H3;9-11H,5-8,17H2,1-4H3;2H,1H3;1H4. The summed E-state index contributed by atoms with van der Waals surface area (Å²) in [7, 11) is 1.00. The molecule has 0 saturated carbocycles. The number of nitrogen functional groups attached to an aromatic ring is 1. The number of anilines is 3. The highest BCUT2D eigenvalue weighted by Gasteiger charge is 2.27. The van der Waals surface area contributed by atoms with Crippen LogP contribution in [-0.4, -0.2) is 103 Å². The van der Waals surface area contributed by atoms with Crippen LogP contribution in [0.3, 0.4) is 0 Å². The highest BCUT2D eigenvalue weighted by Crippen LogP contribution is 2.25. The number of aliphatic hydroxyl groups excluding tert-OH is 1. The summed E-state index contributed by atoms with van der Waals surface area (Å²) in [5, 5.41) is 18.0. The van der Waals surface area contributed by atoms with Gasteiger partial charge in [-0.1, -0.05) is 7.43 Å². The molecule has 2 amide bonds. The van der Waals surface area contributed by atoms with Crippen molar-refractivity contribution < 1.29 is 29.1 Å². The molecule has 47 heavy (non-hydrogen) atoms. The van der Waals surface area contributed by atoms with Gasteiger partial charge in [-0.15, -0.1) is 0 Å². The summed E-state index contributed by atoms with van der Waals surface area (Å²) in [6, 6.07) is 11.1. The first-order valence-corrected chi connectivity index (χ1v) is 15.4. The van der Waals surface area contributed by atoms with E-state index in [1.807, 2.05) is 73.6 Å². The molecule has 0 aliphatic carbocycles. The monoisotopic (exact) mass is 660 g/mol. The maximum atomic E-state index is 12.1. The molecule has 2 saturated heterocycles. The Bertz CT molecular complexity index is 1300. The summed E-state index contributed by atoms with van der Waals surface area (Å²) in [4.78, 5) is 42.4. The van der Waals surface area contributed by atoms with Crippen molar-refractivity contribution in [2.45, 2.75) is 74.0 Å². The van der Waals surface area contributed by atoms with E-state index in [0.717, 1.165) is 48.4 Å². The van der Waals surface area contributed by atoms with Gasteiger partial charge >= 0.3 is 12.2 Å². The maximum Gasteiger partial charge on any atom is 0.410 e. The number of amides is 2. The Kier molecular flexibility index (Phi) is 15.3. The summed E-state index contributed by atoms with van der Waals surface area (Å²) in [5.41, 5.74) is 9.76. The van der Waals surface area contributed by atoms with E-state index in [1.165, 1.54) is 0 Å². The lowest BCUT2D eigenvalue weighted by atomic mass is 10.1. The summed E-state index contributed by atoms with van der Waals surface area (Å²) in [6.45, 7) is 20.3. The average molecular weight is 661 g/mol. The van der Waals surface area contributed by atoms with Crippen LogP contribution in [0.2, 0.25) is 0 Å². The fourth-order valence-corrected chi connectivity index (χ4v) is 4.95. The predicted molar refractivity (Wildman–Crippen MR) is 188 cm³/mol. The van der Waals surface area contributed by atoms with E-state index in [4.69, 9.17) is 20.3 Å². The van der Waals surface area contributed by atoms with Crippen molar-refractivity contribution in [3.8, 4) is 0 Å². The highest BCUT2D eigenvalue weighted by molar-refractivity contribution is 5.69. The van der Waals surface area contributed by atoms with Crippen LogP contribution in [0.25, 0.3) is 0 Å². The molecule has 264 valence electrons. The third-order valence-electron chi connectivity index (χ3n) is 6.94. The number of carbonyl (C=O) groups is 2.